The Hall–Kier alpha value is -2.14. The second-order valence-corrected chi connectivity index (χ2v) is 5.66. The Balaban J connectivity index is 2.16. The third-order valence-corrected chi connectivity index (χ3v) is 3.89. The summed E-state index contributed by atoms with van der Waals surface area (Å²) >= 11 is 3.52. The summed E-state index contributed by atoms with van der Waals surface area (Å²) in [7, 11) is 0. The van der Waals surface area contributed by atoms with Gasteiger partial charge in [-0.05, 0) is 42.3 Å². The zero-order chi connectivity index (χ0) is 14.8. The number of nitrogens with two attached hydrogens (primary N) is 1. The number of imidazole rings is 1. The quantitative estimate of drug-likeness (QED) is 0.786. The predicted molar refractivity (Wildman–Crippen MR) is 88.3 cm³/mol. The number of rotatable bonds is 3. The number of aromatic nitrogens is 3. The fraction of sp³-hybridized carbons (Fsp3) is 0.125. The van der Waals surface area contributed by atoms with Crippen molar-refractivity contribution in [3.05, 3.63) is 59.1 Å². The van der Waals surface area contributed by atoms with Gasteiger partial charge in [-0.3, -0.25) is 4.57 Å². The molecule has 2 aromatic heterocycles. The van der Waals surface area contributed by atoms with Gasteiger partial charge in [-0.1, -0.05) is 22.9 Å². The molecule has 0 fully saturated rings. The summed E-state index contributed by atoms with van der Waals surface area (Å²) in [5.41, 5.74) is 10.2. The summed E-state index contributed by atoms with van der Waals surface area (Å²) in [6.45, 7) is 2.15. The van der Waals surface area contributed by atoms with Crippen LogP contribution in [0.2, 0.25) is 0 Å². The van der Waals surface area contributed by atoms with E-state index >= 15 is 0 Å². The van der Waals surface area contributed by atoms with Crippen molar-refractivity contribution in [2.75, 3.05) is 5.73 Å². The summed E-state index contributed by atoms with van der Waals surface area (Å²) in [5, 5.41) is 0. The molecule has 0 aliphatic heterocycles. The van der Waals surface area contributed by atoms with Crippen LogP contribution in [-0.4, -0.2) is 14.5 Å². The number of pyridine rings is 1. The summed E-state index contributed by atoms with van der Waals surface area (Å²) in [4.78, 5) is 8.33. The third kappa shape index (κ3) is 2.69. The van der Waals surface area contributed by atoms with Crippen molar-refractivity contribution in [1.82, 2.24) is 14.5 Å². The van der Waals surface area contributed by atoms with Gasteiger partial charge >= 0.3 is 0 Å². The van der Waals surface area contributed by atoms with E-state index in [4.69, 9.17) is 5.73 Å². The van der Waals surface area contributed by atoms with Gasteiger partial charge in [-0.2, -0.15) is 0 Å². The minimum atomic E-state index is 0.506. The van der Waals surface area contributed by atoms with Crippen LogP contribution < -0.4 is 5.73 Å². The van der Waals surface area contributed by atoms with Crippen LogP contribution >= 0.6 is 15.9 Å². The van der Waals surface area contributed by atoms with Crippen LogP contribution in [0.3, 0.4) is 0 Å². The average Bonchev–Trinajstić information content (AvgIpc) is 2.96. The Morgan fingerprint density at radius 2 is 2.10 bits per heavy atom. The van der Waals surface area contributed by atoms with E-state index in [9.17, 15) is 0 Å². The van der Waals surface area contributed by atoms with Crippen LogP contribution in [0.15, 0.2) is 53.5 Å². The monoisotopic (exact) mass is 342 g/mol. The van der Waals surface area contributed by atoms with Gasteiger partial charge in [0.15, 0.2) is 0 Å². The van der Waals surface area contributed by atoms with Crippen LogP contribution in [-0.2, 0) is 6.42 Å². The molecular formula is C16H15BrN4. The Kier molecular flexibility index (Phi) is 3.75. The second kappa shape index (κ2) is 5.69. The number of hydrogen-bond donors (Lipinski definition) is 1. The Morgan fingerprint density at radius 1 is 1.24 bits per heavy atom. The van der Waals surface area contributed by atoms with Crippen LogP contribution in [0, 0.1) is 0 Å². The predicted octanol–water partition coefficient (Wildman–Crippen LogP) is 3.84. The van der Waals surface area contributed by atoms with E-state index in [-0.39, 0.29) is 0 Å². The summed E-state index contributed by atoms with van der Waals surface area (Å²) in [6.07, 6.45) is 6.33. The molecule has 0 amide bonds. The van der Waals surface area contributed by atoms with Crippen LogP contribution in [0.25, 0.3) is 16.9 Å². The van der Waals surface area contributed by atoms with Gasteiger partial charge in [0.1, 0.15) is 5.82 Å². The number of nitrogen functional groups attached to an aromatic ring is 1. The molecule has 0 spiro atoms. The molecular weight excluding hydrogens is 328 g/mol. The van der Waals surface area contributed by atoms with Crippen molar-refractivity contribution in [3.8, 4) is 16.9 Å². The minimum Gasteiger partial charge on any atom is -0.384 e. The minimum absolute atomic E-state index is 0.506. The first kappa shape index (κ1) is 13.8. The highest BCUT2D eigenvalue weighted by Crippen LogP contribution is 2.27. The number of nitrogens with zero attached hydrogens (tertiary/aromatic N) is 3. The molecule has 106 valence electrons. The van der Waals surface area contributed by atoms with Gasteiger partial charge in [0.25, 0.3) is 0 Å². The molecule has 0 unspecified atom stereocenters. The molecule has 2 N–H and O–H groups in total. The van der Waals surface area contributed by atoms with Gasteiger partial charge in [-0.15, -0.1) is 0 Å². The molecule has 0 bridgehead atoms. The Bertz CT molecular complexity index is 779. The highest BCUT2D eigenvalue weighted by atomic mass is 79.9. The van der Waals surface area contributed by atoms with Gasteiger partial charge in [0.05, 0.1) is 23.9 Å². The lowest BCUT2D eigenvalue weighted by Gasteiger charge is -2.13. The van der Waals surface area contributed by atoms with E-state index < -0.39 is 0 Å². The lowest BCUT2D eigenvalue weighted by Crippen LogP contribution is -2.00. The zero-order valence-corrected chi connectivity index (χ0v) is 13.2. The van der Waals surface area contributed by atoms with Crippen molar-refractivity contribution in [2.24, 2.45) is 0 Å². The zero-order valence-electron chi connectivity index (χ0n) is 11.6. The molecule has 3 aromatic rings. The highest BCUT2D eigenvalue weighted by molar-refractivity contribution is 9.10. The molecule has 4 nitrogen and oxygen atoms in total. The molecule has 3 rings (SSSR count). The van der Waals surface area contributed by atoms with E-state index in [0.717, 1.165) is 27.8 Å². The fourth-order valence-corrected chi connectivity index (χ4v) is 2.79. The van der Waals surface area contributed by atoms with Crippen molar-refractivity contribution in [1.29, 1.82) is 0 Å². The van der Waals surface area contributed by atoms with Crippen molar-refractivity contribution in [3.63, 3.8) is 0 Å². The molecule has 0 saturated heterocycles. The van der Waals surface area contributed by atoms with Gasteiger partial charge in [-0.25, -0.2) is 9.97 Å². The van der Waals surface area contributed by atoms with Crippen molar-refractivity contribution >= 4 is 21.7 Å². The molecule has 5 heteroatoms. The van der Waals surface area contributed by atoms with E-state index in [1.807, 2.05) is 30.7 Å². The fourth-order valence-electron chi connectivity index (χ4n) is 2.38. The maximum absolute atomic E-state index is 5.78. The number of benzene rings is 1. The Labute approximate surface area is 131 Å². The summed E-state index contributed by atoms with van der Waals surface area (Å²) < 4.78 is 3.16. The summed E-state index contributed by atoms with van der Waals surface area (Å²) in [5.74, 6) is 0.506. The van der Waals surface area contributed by atoms with Gasteiger partial charge in [0, 0.05) is 16.2 Å². The molecule has 0 radical (unpaired) electrons. The molecule has 1 aromatic carbocycles. The maximum atomic E-state index is 5.78. The Morgan fingerprint density at radius 3 is 2.86 bits per heavy atom. The molecule has 21 heavy (non-hydrogen) atoms. The first-order valence-electron chi connectivity index (χ1n) is 6.72. The molecule has 0 aliphatic carbocycles. The number of aryl methyl sites for hydroxylation is 1. The normalized spacial score (nSPS) is 10.8. The largest absolute Gasteiger partial charge is 0.384 e. The van der Waals surface area contributed by atoms with Crippen LogP contribution in [0.1, 0.15) is 12.5 Å². The first-order chi connectivity index (χ1) is 10.2. The van der Waals surface area contributed by atoms with Crippen LogP contribution in [0.5, 0.6) is 0 Å². The number of hydrogen-bond acceptors (Lipinski definition) is 3. The standard InChI is InChI=1S/C16H15BrN4/c1-2-11-7-13(17)3-4-14(11)21-10-19-9-15(21)12-5-6-20-16(18)8-12/h3-10H,2H2,1H3,(H2,18,20). The second-order valence-electron chi connectivity index (χ2n) is 4.74. The average molecular weight is 343 g/mol. The molecule has 0 atom stereocenters. The van der Waals surface area contributed by atoms with Crippen LogP contribution in [0.4, 0.5) is 5.82 Å². The third-order valence-electron chi connectivity index (χ3n) is 3.40. The number of halogens is 1. The lowest BCUT2D eigenvalue weighted by molar-refractivity contribution is 1.01. The van der Waals surface area contributed by atoms with E-state index in [1.165, 1.54) is 5.56 Å². The maximum Gasteiger partial charge on any atom is 0.123 e. The smallest absolute Gasteiger partial charge is 0.123 e. The lowest BCUT2D eigenvalue weighted by atomic mass is 10.1. The molecule has 0 saturated carbocycles. The van der Waals surface area contributed by atoms with E-state index in [0.29, 0.717) is 5.82 Å². The van der Waals surface area contributed by atoms with E-state index in [2.05, 4.69) is 49.5 Å². The topological polar surface area (TPSA) is 56.7 Å². The van der Waals surface area contributed by atoms with Gasteiger partial charge < -0.3 is 5.73 Å². The first-order valence-corrected chi connectivity index (χ1v) is 7.51. The highest BCUT2D eigenvalue weighted by Gasteiger charge is 2.10. The molecule has 2 heterocycles. The van der Waals surface area contributed by atoms with E-state index in [1.54, 1.807) is 6.20 Å². The number of anilines is 1. The summed E-state index contributed by atoms with van der Waals surface area (Å²) in [6, 6.07) is 10.1. The van der Waals surface area contributed by atoms with Gasteiger partial charge in [0.2, 0.25) is 0 Å². The van der Waals surface area contributed by atoms with Crippen molar-refractivity contribution in [2.45, 2.75) is 13.3 Å². The van der Waals surface area contributed by atoms with Crippen molar-refractivity contribution < 1.29 is 0 Å². The SMILES string of the molecule is CCc1cc(Br)ccc1-n1cncc1-c1ccnc(N)c1. The molecule has 0 aliphatic rings.